The van der Waals surface area contributed by atoms with Gasteiger partial charge in [-0.3, -0.25) is 4.79 Å². The number of ether oxygens (including phenoxy) is 1. The van der Waals surface area contributed by atoms with Crippen LogP contribution in [0, 0.1) is 6.92 Å². The summed E-state index contributed by atoms with van der Waals surface area (Å²) in [5.41, 5.74) is 0.624. The number of rotatable bonds is 6. The van der Waals surface area contributed by atoms with Crippen molar-refractivity contribution < 1.29 is 17.9 Å². The number of benzene rings is 1. The number of carbonyl (C=O) groups is 1. The van der Waals surface area contributed by atoms with E-state index in [4.69, 9.17) is 15.4 Å². The Bertz CT molecular complexity index is 640. The third kappa shape index (κ3) is 4.11. The van der Waals surface area contributed by atoms with Crippen LogP contribution >= 0.6 is 10.7 Å². The third-order valence-corrected chi connectivity index (χ3v) is 4.78. The topological polar surface area (TPSA) is 63.7 Å². The van der Waals surface area contributed by atoms with Crippen LogP contribution in [0.3, 0.4) is 0 Å². The van der Waals surface area contributed by atoms with E-state index in [1.807, 2.05) is 11.8 Å². The average Bonchev–Trinajstić information content (AvgIpc) is 3.21. The van der Waals surface area contributed by atoms with E-state index in [-0.39, 0.29) is 17.4 Å². The van der Waals surface area contributed by atoms with Crippen molar-refractivity contribution in [1.82, 2.24) is 4.90 Å². The zero-order valence-electron chi connectivity index (χ0n) is 12.0. The van der Waals surface area contributed by atoms with E-state index in [0.717, 1.165) is 12.8 Å². The lowest BCUT2D eigenvalue weighted by atomic mass is 10.2. The van der Waals surface area contributed by atoms with Crippen LogP contribution in [0.4, 0.5) is 0 Å². The van der Waals surface area contributed by atoms with Crippen LogP contribution < -0.4 is 4.74 Å². The van der Waals surface area contributed by atoms with Gasteiger partial charge in [0.2, 0.25) is 0 Å². The second-order valence-electron chi connectivity index (χ2n) is 5.06. The second kappa shape index (κ2) is 6.23. The maximum Gasteiger partial charge on any atom is 0.261 e. The largest absolute Gasteiger partial charge is 0.483 e. The van der Waals surface area contributed by atoms with Crippen molar-refractivity contribution in [2.24, 2.45) is 0 Å². The van der Waals surface area contributed by atoms with Gasteiger partial charge in [0.15, 0.2) is 6.61 Å². The molecule has 1 fully saturated rings. The lowest BCUT2D eigenvalue weighted by Gasteiger charge is -2.20. The van der Waals surface area contributed by atoms with E-state index < -0.39 is 9.05 Å². The molecule has 1 aliphatic rings. The standard InChI is InChI=1S/C14H18ClNO4S/c1-3-16(11-4-5-11)14(17)9-20-13-7-6-12(8-10(13)2)21(15,18)19/h6-8,11H,3-5,9H2,1-2H3. The summed E-state index contributed by atoms with van der Waals surface area (Å²) in [7, 11) is 1.53. The summed E-state index contributed by atoms with van der Waals surface area (Å²) in [5.74, 6) is 0.438. The summed E-state index contributed by atoms with van der Waals surface area (Å²) in [6.07, 6.45) is 2.11. The monoisotopic (exact) mass is 331 g/mol. The lowest BCUT2D eigenvalue weighted by Crippen LogP contribution is -2.36. The molecule has 0 aromatic heterocycles. The van der Waals surface area contributed by atoms with Gasteiger partial charge < -0.3 is 9.64 Å². The molecule has 1 amide bonds. The highest BCUT2D eigenvalue weighted by Gasteiger charge is 2.31. The van der Waals surface area contributed by atoms with Gasteiger partial charge in [0.05, 0.1) is 4.90 Å². The molecule has 0 spiro atoms. The average molecular weight is 332 g/mol. The molecule has 1 aromatic carbocycles. The van der Waals surface area contributed by atoms with Crippen LogP contribution in [0.1, 0.15) is 25.3 Å². The molecule has 2 rings (SSSR count). The number of aryl methyl sites for hydroxylation is 1. The normalized spacial score (nSPS) is 14.8. The van der Waals surface area contributed by atoms with Crippen LogP contribution in [0.25, 0.3) is 0 Å². The minimum atomic E-state index is -3.75. The molecule has 0 aliphatic heterocycles. The number of hydrogen-bond acceptors (Lipinski definition) is 4. The van der Waals surface area contributed by atoms with Crippen molar-refractivity contribution in [2.75, 3.05) is 13.2 Å². The van der Waals surface area contributed by atoms with E-state index in [1.165, 1.54) is 18.2 Å². The Labute approximate surface area is 129 Å². The van der Waals surface area contributed by atoms with E-state index in [0.29, 0.717) is 23.9 Å². The number of hydrogen-bond donors (Lipinski definition) is 0. The lowest BCUT2D eigenvalue weighted by molar-refractivity contribution is -0.133. The second-order valence-corrected chi connectivity index (χ2v) is 7.63. The number of likely N-dealkylation sites (N-methyl/N-ethyl adjacent to an activating group) is 1. The molecule has 0 saturated heterocycles. The number of carbonyl (C=O) groups excluding carboxylic acids is 1. The zero-order chi connectivity index (χ0) is 15.6. The highest BCUT2D eigenvalue weighted by Crippen LogP contribution is 2.27. The number of amides is 1. The molecule has 7 heteroatoms. The highest BCUT2D eigenvalue weighted by molar-refractivity contribution is 8.13. The van der Waals surface area contributed by atoms with Crippen LogP contribution in [0.2, 0.25) is 0 Å². The fourth-order valence-electron chi connectivity index (χ4n) is 2.18. The molecule has 0 atom stereocenters. The summed E-state index contributed by atoms with van der Waals surface area (Å²) < 4.78 is 28.0. The Balaban J connectivity index is 2.01. The summed E-state index contributed by atoms with van der Waals surface area (Å²) in [6.45, 7) is 4.29. The van der Waals surface area contributed by atoms with E-state index in [2.05, 4.69) is 0 Å². The van der Waals surface area contributed by atoms with E-state index in [9.17, 15) is 13.2 Å². The molecule has 1 aliphatic carbocycles. The maximum atomic E-state index is 12.1. The van der Waals surface area contributed by atoms with Crippen molar-refractivity contribution in [3.63, 3.8) is 0 Å². The van der Waals surface area contributed by atoms with E-state index in [1.54, 1.807) is 6.92 Å². The van der Waals surface area contributed by atoms with Gasteiger partial charge in [0, 0.05) is 23.3 Å². The molecule has 0 radical (unpaired) electrons. The molecule has 1 saturated carbocycles. The van der Waals surface area contributed by atoms with E-state index >= 15 is 0 Å². The molecule has 21 heavy (non-hydrogen) atoms. The summed E-state index contributed by atoms with van der Waals surface area (Å²) >= 11 is 0. The molecular formula is C14H18ClNO4S. The Morgan fingerprint density at radius 1 is 1.43 bits per heavy atom. The molecule has 0 N–H and O–H groups in total. The number of halogens is 1. The third-order valence-electron chi connectivity index (χ3n) is 3.43. The molecule has 0 bridgehead atoms. The minimum absolute atomic E-state index is 0.0218. The van der Waals surface area contributed by atoms with Crippen molar-refractivity contribution in [3.05, 3.63) is 23.8 Å². The Morgan fingerprint density at radius 2 is 2.10 bits per heavy atom. The zero-order valence-corrected chi connectivity index (χ0v) is 13.6. The van der Waals surface area contributed by atoms with Gasteiger partial charge >= 0.3 is 0 Å². The fraction of sp³-hybridized carbons (Fsp3) is 0.500. The van der Waals surface area contributed by atoms with Gasteiger partial charge in [-0.05, 0) is 50.5 Å². The highest BCUT2D eigenvalue weighted by atomic mass is 35.7. The van der Waals surface area contributed by atoms with Crippen LogP contribution in [0.15, 0.2) is 23.1 Å². The Kier molecular flexibility index (Phi) is 4.78. The molecular weight excluding hydrogens is 314 g/mol. The summed E-state index contributed by atoms with van der Waals surface area (Å²) in [4.78, 5) is 13.9. The van der Waals surface area contributed by atoms with Crippen LogP contribution in [0.5, 0.6) is 5.75 Å². The van der Waals surface area contributed by atoms with Crippen LogP contribution in [-0.4, -0.2) is 38.4 Å². The summed E-state index contributed by atoms with van der Waals surface area (Å²) in [6, 6.07) is 4.68. The Morgan fingerprint density at radius 3 is 2.57 bits per heavy atom. The van der Waals surface area contributed by atoms with Gasteiger partial charge in [-0.1, -0.05) is 0 Å². The first-order chi connectivity index (χ1) is 9.82. The predicted octanol–water partition coefficient (Wildman–Crippen LogP) is 2.31. The fourth-order valence-corrected chi connectivity index (χ4v) is 3.02. The van der Waals surface area contributed by atoms with Crippen molar-refractivity contribution in [2.45, 2.75) is 37.6 Å². The smallest absolute Gasteiger partial charge is 0.261 e. The molecule has 116 valence electrons. The van der Waals surface area contributed by atoms with Gasteiger partial charge in [0.1, 0.15) is 5.75 Å². The predicted molar refractivity (Wildman–Crippen MR) is 80.1 cm³/mol. The van der Waals surface area contributed by atoms with Crippen molar-refractivity contribution in [3.8, 4) is 5.75 Å². The first-order valence-corrected chi connectivity index (χ1v) is 9.11. The quantitative estimate of drug-likeness (QED) is 0.750. The molecule has 0 heterocycles. The Hall–Kier alpha value is -1.27. The SMILES string of the molecule is CCN(C(=O)COc1ccc(S(=O)(=O)Cl)cc1C)C1CC1. The first-order valence-electron chi connectivity index (χ1n) is 6.80. The number of nitrogens with zero attached hydrogens (tertiary/aromatic N) is 1. The molecule has 1 aromatic rings. The maximum absolute atomic E-state index is 12.1. The summed E-state index contributed by atoms with van der Waals surface area (Å²) in [5, 5.41) is 0. The molecule has 5 nitrogen and oxygen atoms in total. The molecule has 0 unspecified atom stereocenters. The minimum Gasteiger partial charge on any atom is -0.483 e. The van der Waals surface area contributed by atoms with Gasteiger partial charge in [-0.25, -0.2) is 8.42 Å². The van der Waals surface area contributed by atoms with Gasteiger partial charge in [0.25, 0.3) is 15.0 Å². The van der Waals surface area contributed by atoms with Crippen LogP contribution in [-0.2, 0) is 13.8 Å². The van der Waals surface area contributed by atoms with Gasteiger partial charge in [-0.2, -0.15) is 0 Å². The van der Waals surface area contributed by atoms with Gasteiger partial charge in [-0.15, -0.1) is 0 Å². The van der Waals surface area contributed by atoms with Crippen molar-refractivity contribution in [1.29, 1.82) is 0 Å². The first kappa shape index (κ1) is 16.1. The van der Waals surface area contributed by atoms with Crippen molar-refractivity contribution >= 4 is 25.6 Å².